The van der Waals surface area contributed by atoms with E-state index in [1.165, 1.54) is 13.0 Å². The molecule has 0 aromatic heterocycles. The Hall–Kier alpha value is -1.80. The normalized spacial score (nSPS) is 10.8. The quantitative estimate of drug-likeness (QED) is 0.340. The molecule has 15 heavy (non-hydrogen) atoms. The number of hydrogen-bond donors (Lipinski definition) is 0. The molecule has 0 bridgehead atoms. The third kappa shape index (κ3) is 3.11. The highest BCUT2D eigenvalue weighted by molar-refractivity contribution is 8.03. The van der Waals surface area contributed by atoms with Crippen molar-refractivity contribution >= 4 is 17.8 Å². The van der Waals surface area contributed by atoms with Crippen LogP contribution in [-0.2, 0) is 0 Å². The van der Waals surface area contributed by atoms with Crippen molar-refractivity contribution in [2.45, 2.75) is 11.8 Å². The van der Waals surface area contributed by atoms with Crippen molar-refractivity contribution in [3.05, 3.63) is 45.6 Å². The summed E-state index contributed by atoms with van der Waals surface area (Å²) >= 11 is 0.994. The van der Waals surface area contributed by atoms with E-state index in [1.807, 2.05) is 5.40 Å². The second-order valence-corrected chi connectivity index (χ2v) is 3.60. The molecule has 0 heterocycles. The van der Waals surface area contributed by atoms with Crippen LogP contribution in [0.15, 0.2) is 34.9 Å². The van der Waals surface area contributed by atoms with Crippen molar-refractivity contribution in [1.82, 2.24) is 0 Å². The smallest absolute Gasteiger partial charge is 0.243 e. The van der Waals surface area contributed by atoms with Crippen LogP contribution in [0.25, 0.3) is 6.08 Å². The van der Waals surface area contributed by atoms with Crippen LogP contribution < -0.4 is 0 Å². The molecule has 4 nitrogen and oxygen atoms in total. The summed E-state index contributed by atoms with van der Waals surface area (Å²) in [4.78, 5) is 10.7. The zero-order valence-electron chi connectivity index (χ0n) is 8.01. The lowest BCUT2D eigenvalue weighted by Gasteiger charge is -1.99. The van der Waals surface area contributed by atoms with Gasteiger partial charge < -0.3 is 0 Å². The molecule has 0 saturated carbocycles. The highest BCUT2D eigenvalue weighted by Crippen LogP contribution is 2.23. The maximum atomic E-state index is 10.4. The lowest BCUT2D eigenvalue weighted by Crippen LogP contribution is -1.93. The summed E-state index contributed by atoms with van der Waals surface area (Å²) in [6, 6.07) is 7.07. The Morgan fingerprint density at radius 3 is 2.87 bits per heavy atom. The first kappa shape index (κ1) is 11.3. The van der Waals surface area contributed by atoms with Gasteiger partial charge in [-0.2, -0.15) is 5.26 Å². The van der Waals surface area contributed by atoms with Crippen LogP contribution in [0.2, 0.25) is 0 Å². The lowest BCUT2D eigenvalue weighted by atomic mass is 10.2. The van der Waals surface area contributed by atoms with Gasteiger partial charge in [-0.1, -0.05) is 18.2 Å². The van der Waals surface area contributed by atoms with Gasteiger partial charge in [0.05, 0.1) is 4.92 Å². The van der Waals surface area contributed by atoms with Gasteiger partial charge in [0.15, 0.2) is 0 Å². The van der Waals surface area contributed by atoms with Gasteiger partial charge >= 0.3 is 0 Å². The van der Waals surface area contributed by atoms with E-state index in [0.29, 0.717) is 5.56 Å². The summed E-state index contributed by atoms with van der Waals surface area (Å²) in [7, 11) is 0. The summed E-state index contributed by atoms with van der Waals surface area (Å²) in [5, 5.41) is 20.9. The zero-order valence-corrected chi connectivity index (χ0v) is 8.82. The van der Waals surface area contributed by atoms with Gasteiger partial charge in [0.25, 0.3) is 0 Å². The molecule has 0 radical (unpaired) electrons. The van der Waals surface area contributed by atoms with Crippen LogP contribution in [0.3, 0.4) is 0 Å². The molecular weight excluding hydrogens is 212 g/mol. The Bertz CT molecular complexity index is 449. The highest BCUT2D eigenvalue weighted by atomic mass is 32.2. The van der Waals surface area contributed by atoms with Crippen LogP contribution in [0.1, 0.15) is 12.5 Å². The first-order chi connectivity index (χ1) is 7.15. The minimum Gasteiger partial charge on any atom is -0.259 e. The molecule has 0 aliphatic heterocycles. The largest absolute Gasteiger partial charge is 0.259 e. The Kier molecular flexibility index (Phi) is 3.89. The Labute approximate surface area is 91.4 Å². The van der Waals surface area contributed by atoms with Gasteiger partial charge in [-0.15, -0.1) is 0 Å². The van der Waals surface area contributed by atoms with Gasteiger partial charge in [0, 0.05) is 17.9 Å². The van der Waals surface area contributed by atoms with Crippen LogP contribution in [0.5, 0.6) is 0 Å². The molecular formula is C10H8N2O2S. The van der Waals surface area contributed by atoms with E-state index in [-0.39, 0.29) is 5.70 Å². The average Bonchev–Trinajstić information content (AvgIpc) is 2.21. The molecule has 1 aromatic carbocycles. The van der Waals surface area contributed by atoms with Crippen molar-refractivity contribution in [2.75, 3.05) is 0 Å². The summed E-state index contributed by atoms with van der Waals surface area (Å²) < 4.78 is 0. The summed E-state index contributed by atoms with van der Waals surface area (Å²) in [5.41, 5.74) is 0.749. The maximum Gasteiger partial charge on any atom is 0.243 e. The minimum absolute atomic E-state index is 0.0565. The van der Waals surface area contributed by atoms with Crippen molar-refractivity contribution < 1.29 is 4.92 Å². The second-order valence-electron chi connectivity index (χ2n) is 2.77. The summed E-state index contributed by atoms with van der Waals surface area (Å²) in [6.07, 6.45) is 1.46. The van der Waals surface area contributed by atoms with E-state index in [1.54, 1.807) is 24.3 Å². The van der Waals surface area contributed by atoms with Crippen LogP contribution in [0.4, 0.5) is 0 Å². The van der Waals surface area contributed by atoms with E-state index in [4.69, 9.17) is 5.26 Å². The molecule has 76 valence electrons. The fourth-order valence-corrected chi connectivity index (χ4v) is 1.51. The molecule has 0 saturated heterocycles. The van der Waals surface area contributed by atoms with Crippen LogP contribution in [-0.4, -0.2) is 4.92 Å². The predicted octanol–water partition coefficient (Wildman–Crippen LogP) is 2.90. The van der Waals surface area contributed by atoms with Gasteiger partial charge in [0.2, 0.25) is 5.70 Å². The summed E-state index contributed by atoms with van der Waals surface area (Å²) in [6.45, 7) is 1.42. The molecule has 1 rings (SSSR count). The first-order valence-corrected chi connectivity index (χ1v) is 4.94. The first-order valence-electron chi connectivity index (χ1n) is 4.13. The van der Waals surface area contributed by atoms with E-state index in [9.17, 15) is 10.1 Å². The molecule has 0 fully saturated rings. The third-order valence-corrected chi connectivity index (χ3v) is 2.41. The fraction of sp³-hybridized carbons (Fsp3) is 0.100. The summed E-state index contributed by atoms with van der Waals surface area (Å²) in [5.74, 6) is 0. The van der Waals surface area contributed by atoms with Gasteiger partial charge in [-0.3, -0.25) is 10.1 Å². The van der Waals surface area contributed by atoms with Gasteiger partial charge in [-0.05, 0) is 23.4 Å². The molecule has 5 heteroatoms. The molecule has 0 N–H and O–H groups in total. The number of nitriles is 1. The van der Waals surface area contributed by atoms with Crippen molar-refractivity contribution in [3.8, 4) is 5.40 Å². The number of thiocyanates is 1. The van der Waals surface area contributed by atoms with E-state index >= 15 is 0 Å². The Balaban J connectivity index is 3.09. The molecule has 1 aromatic rings. The standard InChI is InChI=1S/C10H8N2O2S/c1-8(12(13)14)6-9-4-2-3-5-10(9)15-7-11/h2-6H,1H3. The fourth-order valence-electron chi connectivity index (χ4n) is 1.02. The predicted molar refractivity (Wildman–Crippen MR) is 58.6 cm³/mol. The Morgan fingerprint density at radius 2 is 2.27 bits per heavy atom. The van der Waals surface area contributed by atoms with E-state index in [0.717, 1.165) is 16.7 Å². The lowest BCUT2D eigenvalue weighted by molar-refractivity contribution is -0.422. The van der Waals surface area contributed by atoms with Crippen LogP contribution in [0, 0.1) is 20.8 Å². The topological polar surface area (TPSA) is 66.9 Å². The molecule has 0 spiro atoms. The van der Waals surface area contributed by atoms with Crippen molar-refractivity contribution in [2.24, 2.45) is 0 Å². The number of nitrogens with zero attached hydrogens (tertiary/aromatic N) is 2. The number of hydrogen-bond acceptors (Lipinski definition) is 4. The number of nitro groups is 1. The van der Waals surface area contributed by atoms with Gasteiger partial charge in [-0.25, -0.2) is 0 Å². The SMILES string of the molecule is CC(=Cc1ccccc1SC#N)[N+](=O)[O-]. The highest BCUT2D eigenvalue weighted by Gasteiger charge is 2.05. The number of benzene rings is 1. The van der Waals surface area contributed by atoms with E-state index in [2.05, 4.69) is 0 Å². The number of allylic oxidation sites excluding steroid dienone is 1. The Morgan fingerprint density at radius 1 is 1.60 bits per heavy atom. The minimum atomic E-state index is -0.451. The number of rotatable bonds is 3. The average molecular weight is 220 g/mol. The van der Waals surface area contributed by atoms with Crippen LogP contribution >= 0.6 is 11.8 Å². The van der Waals surface area contributed by atoms with Crippen molar-refractivity contribution in [1.29, 1.82) is 5.26 Å². The van der Waals surface area contributed by atoms with Gasteiger partial charge in [0.1, 0.15) is 5.40 Å². The molecule has 0 unspecified atom stereocenters. The molecule has 0 aliphatic carbocycles. The third-order valence-electron chi connectivity index (χ3n) is 1.73. The monoisotopic (exact) mass is 220 g/mol. The van der Waals surface area contributed by atoms with E-state index < -0.39 is 4.92 Å². The second kappa shape index (κ2) is 5.17. The van der Waals surface area contributed by atoms with Crippen molar-refractivity contribution in [3.63, 3.8) is 0 Å². The molecule has 0 amide bonds. The number of thioether (sulfide) groups is 1. The maximum absolute atomic E-state index is 10.4. The molecule has 0 atom stereocenters. The molecule has 0 aliphatic rings. The zero-order chi connectivity index (χ0) is 11.3.